The van der Waals surface area contributed by atoms with E-state index in [1.54, 1.807) is 0 Å². The normalized spacial score (nSPS) is 25.5. The summed E-state index contributed by atoms with van der Waals surface area (Å²) in [5, 5.41) is 11.5. The highest BCUT2D eigenvalue weighted by Gasteiger charge is 2.32. The lowest BCUT2D eigenvalue weighted by molar-refractivity contribution is -0.138. The molecule has 1 rings (SSSR count). The van der Waals surface area contributed by atoms with Crippen molar-refractivity contribution in [2.45, 2.75) is 51.7 Å². The first-order valence-electron chi connectivity index (χ1n) is 6.18. The van der Waals surface area contributed by atoms with Crippen molar-refractivity contribution in [1.29, 1.82) is 0 Å². The van der Waals surface area contributed by atoms with Crippen molar-refractivity contribution < 1.29 is 19.4 Å². The van der Waals surface area contributed by atoms with Crippen LogP contribution in [-0.4, -0.2) is 35.7 Å². The van der Waals surface area contributed by atoms with E-state index in [1.807, 2.05) is 13.8 Å². The second-order valence-electron chi connectivity index (χ2n) is 4.65. The van der Waals surface area contributed by atoms with Crippen molar-refractivity contribution >= 4 is 11.9 Å². The Bertz CT molecular complexity index is 280. The number of ether oxygens (including phenoxy) is 1. The third-order valence-corrected chi connectivity index (χ3v) is 3.05. The number of carbonyl (C=O) groups excluding carboxylic acids is 1. The fraction of sp³-hybridized carbons (Fsp3) is 0.833. The number of aliphatic carboxylic acids is 1. The van der Waals surface area contributed by atoms with Gasteiger partial charge in [-0.1, -0.05) is 20.3 Å². The van der Waals surface area contributed by atoms with E-state index in [0.717, 1.165) is 12.8 Å². The van der Waals surface area contributed by atoms with Gasteiger partial charge in [0.25, 0.3) is 0 Å². The van der Waals surface area contributed by atoms with E-state index < -0.39 is 12.1 Å². The first-order valence-corrected chi connectivity index (χ1v) is 6.18. The van der Waals surface area contributed by atoms with E-state index in [-0.39, 0.29) is 24.3 Å². The van der Waals surface area contributed by atoms with Crippen molar-refractivity contribution in [1.82, 2.24) is 5.32 Å². The zero-order valence-electron chi connectivity index (χ0n) is 10.4. The number of nitrogens with one attached hydrogen (secondary N) is 1. The van der Waals surface area contributed by atoms with Gasteiger partial charge in [-0.05, 0) is 18.8 Å². The maximum Gasteiger partial charge on any atom is 0.305 e. The molecule has 3 unspecified atom stereocenters. The van der Waals surface area contributed by atoms with Gasteiger partial charge in [-0.3, -0.25) is 9.59 Å². The molecular formula is C12H21NO4. The van der Waals surface area contributed by atoms with Gasteiger partial charge in [-0.15, -0.1) is 0 Å². The molecule has 1 aliphatic rings. The molecule has 5 heteroatoms. The molecule has 1 heterocycles. The predicted octanol–water partition coefficient (Wildman–Crippen LogP) is 1.17. The lowest BCUT2D eigenvalue weighted by atomic mass is 10.0. The zero-order valence-corrected chi connectivity index (χ0v) is 10.4. The van der Waals surface area contributed by atoms with Crippen LogP contribution in [0.3, 0.4) is 0 Å². The maximum absolute atomic E-state index is 11.9. The Morgan fingerprint density at radius 2 is 2.24 bits per heavy atom. The van der Waals surface area contributed by atoms with Crippen molar-refractivity contribution in [3.63, 3.8) is 0 Å². The molecule has 98 valence electrons. The molecular weight excluding hydrogens is 222 g/mol. The minimum atomic E-state index is -0.885. The van der Waals surface area contributed by atoms with E-state index >= 15 is 0 Å². The Kier molecular flexibility index (Phi) is 5.41. The van der Waals surface area contributed by atoms with Crippen molar-refractivity contribution in [3.8, 4) is 0 Å². The summed E-state index contributed by atoms with van der Waals surface area (Å²) < 4.78 is 5.35. The van der Waals surface area contributed by atoms with Gasteiger partial charge in [0.2, 0.25) is 5.91 Å². The molecule has 0 aromatic heterocycles. The van der Waals surface area contributed by atoms with Gasteiger partial charge in [0.15, 0.2) is 0 Å². The minimum Gasteiger partial charge on any atom is -0.481 e. The highest BCUT2D eigenvalue weighted by molar-refractivity contribution is 5.82. The molecule has 5 nitrogen and oxygen atoms in total. The Morgan fingerprint density at radius 3 is 2.71 bits per heavy atom. The molecule has 0 spiro atoms. The summed E-state index contributed by atoms with van der Waals surface area (Å²) in [6.45, 7) is 4.55. The molecule has 0 saturated carbocycles. The van der Waals surface area contributed by atoms with E-state index in [2.05, 4.69) is 5.32 Å². The highest BCUT2D eigenvalue weighted by atomic mass is 16.5. The third-order valence-electron chi connectivity index (χ3n) is 3.05. The molecule has 17 heavy (non-hydrogen) atoms. The van der Waals surface area contributed by atoms with E-state index in [9.17, 15) is 9.59 Å². The summed E-state index contributed by atoms with van der Waals surface area (Å²) in [6, 6.07) is -0.290. The summed E-state index contributed by atoms with van der Waals surface area (Å²) in [6.07, 6.45) is 1.97. The number of carboxylic acid groups (broad SMARTS) is 1. The van der Waals surface area contributed by atoms with Crippen LogP contribution in [0.25, 0.3) is 0 Å². The molecule has 0 aromatic rings. The molecule has 1 aliphatic heterocycles. The van der Waals surface area contributed by atoms with E-state index in [1.165, 1.54) is 0 Å². The van der Waals surface area contributed by atoms with Crippen LogP contribution in [0.15, 0.2) is 0 Å². The van der Waals surface area contributed by atoms with Crippen LogP contribution >= 0.6 is 0 Å². The Hall–Kier alpha value is -1.10. The topological polar surface area (TPSA) is 75.6 Å². The third kappa shape index (κ3) is 4.34. The molecule has 1 saturated heterocycles. The van der Waals surface area contributed by atoms with Crippen LogP contribution in [0.5, 0.6) is 0 Å². The van der Waals surface area contributed by atoms with E-state index in [0.29, 0.717) is 13.0 Å². The van der Waals surface area contributed by atoms with Crippen molar-refractivity contribution in [2.75, 3.05) is 6.61 Å². The summed E-state index contributed by atoms with van der Waals surface area (Å²) in [5.41, 5.74) is 0. The summed E-state index contributed by atoms with van der Waals surface area (Å²) in [7, 11) is 0. The lowest BCUT2D eigenvalue weighted by Gasteiger charge is -2.20. The number of hydrogen-bond acceptors (Lipinski definition) is 3. The van der Waals surface area contributed by atoms with Gasteiger partial charge in [-0.2, -0.15) is 0 Å². The van der Waals surface area contributed by atoms with Gasteiger partial charge in [0.05, 0.1) is 6.42 Å². The second-order valence-corrected chi connectivity index (χ2v) is 4.65. The fourth-order valence-corrected chi connectivity index (χ4v) is 2.10. The SMILES string of the molecule is CCCC(CC(=O)O)NC(=O)C1OCCC1C. The summed E-state index contributed by atoms with van der Waals surface area (Å²) >= 11 is 0. The van der Waals surface area contributed by atoms with Crippen LogP contribution < -0.4 is 5.32 Å². The molecule has 1 fully saturated rings. The van der Waals surface area contributed by atoms with Crippen molar-refractivity contribution in [2.24, 2.45) is 5.92 Å². The molecule has 0 aliphatic carbocycles. The van der Waals surface area contributed by atoms with E-state index in [4.69, 9.17) is 9.84 Å². The van der Waals surface area contributed by atoms with Crippen molar-refractivity contribution in [3.05, 3.63) is 0 Å². The Morgan fingerprint density at radius 1 is 1.53 bits per heavy atom. The van der Waals surface area contributed by atoms with Gasteiger partial charge < -0.3 is 15.2 Å². The molecule has 1 amide bonds. The molecule has 3 atom stereocenters. The minimum absolute atomic E-state index is 0.0271. The summed E-state index contributed by atoms with van der Waals surface area (Å²) in [4.78, 5) is 22.6. The Labute approximate surface area is 102 Å². The molecule has 0 bridgehead atoms. The monoisotopic (exact) mass is 243 g/mol. The zero-order chi connectivity index (χ0) is 12.8. The number of hydrogen-bond donors (Lipinski definition) is 2. The molecule has 0 radical (unpaired) electrons. The number of amides is 1. The quantitative estimate of drug-likeness (QED) is 0.734. The number of carbonyl (C=O) groups is 2. The van der Waals surface area contributed by atoms with Crippen LogP contribution in [0, 0.1) is 5.92 Å². The van der Waals surface area contributed by atoms with Gasteiger partial charge in [-0.25, -0.2) is 0 Å². The summed E-state index contributed by atoms with van der Waals surface area (Å²) in [5.74, 6) is -0.846. The average Bonchev–Trinajstić information content (AvgIpc) is 2.63. The van der Waals surface area contributed by atoms with Gasteiger partial charge >= 0.3 is 5.97 Å². The average molecular weight is 243 g/mol. The maximum atomic E-state index is 11.9. The largest absolute Gasteiger partial charge is 0.481 e. The smallest absolute Gasteiger partial charge is 0.305 e. The molecule has 0 aromatic carbocycles. The van der Waals surface area contributed by atoms with Crippen LogP contribution in [-0.2, 0) is 14.3 Å². The molecule has 2 N–H and O–H groups in total. The first kappa shape index (κ1) is 14.0. The second kappa shape index (κ2) is 6.59. The number of rotatable bonds is 6. The van der Waals surface area contributed by atoms with Crippen LogP contribution in [0.1, 0.15) is 39.5 Å². The van der Waals surface area contributed by atoms with Crippen LogP contribution in [0.4, 0.5) is 0 Å². The Balaban J connectivity index is 2.47. The lowest BCUT2D eigenvalue weighted by Crippen LogP contribution is -2.43. The fourth-order valence-electron chi connectivity index (χ4n) is 2.10. The predicted molar refractivity (Wildman–Crippen MR) is 62.6 cm³/mol. The standard InChI is InChI=1S/C12H21NO4/c1-3-4-9(7-10(14)15)13-12(16)11-8(2)5-6-17-11/h8-9,11H,3-7H2,1-2H3,(H,13,16)(H,14,15). The van der Waals surface area contributed by atoms with Crippen LogP contribution in [0.2, 0.25) is 0 Å². The van der Waals surface area contributed by atoms with Gasteiger partial charge in [0, 0.05) is 12.6 Å². The number of carboxylic acids is 1. The van der Waals surface area contributed by atoms with Gasteiger partial charge in [0.1, 0.15) is 6.10 Å². The first-order chi connectivity index (χ1) is 8.04. The highest BCUT2D eigenvalue weighted by Crippen LogP contribution is 2.20.